The average molecular weight is 1100 g/mol. The Morgan fingerprint density at radius 1 is 0.539 bits per heavy atom. The lowest BCUT2D eigenvalue weighted by atomic mass is 9.97. The standard InChI is InChI=1S/C43H67N5O28/c1-13(2-3-44-36-20-37(46-11-45-36)48(12-47-20)38-27(61)24(58)15(4-49)68-38)9-66-40-31(65)34(33(19(8-53)71-40)74-39-28(62)21(55)14(54)10-67-39)75-42-30(64)32(18(7-52)72-42)73-43-35(26(60)23(57)17(6-51)70-43)76-41-29(63)25(59)22(56)16(5-50)69-41/h2,11-12,14-19,21-35,38-43,49-65H,3-10H2,1H3,(H,44,45,46)/b13-2+. The van der Waals surface area contributed by atoms with Crippen LogP contribution in [0, 0.1) is 0 Å². The smallest absolute Gasteiger partial charge is 0.187 e. The molecule has 0 aliphatic carbocycles. The fourth-order valence-electron chi connectivity index (χ4n) is 9.51. The molecule has 6 aliphatic rings. The lowest BCUT2D eigenvalue weighted by Crippen LogP contribution is -2.65. The predicted octanol–water partition coefficient (Wildman–Crippen LogP) is -10.8. The van der Waals surface area contributed by atoms with Crippen molar-refractivity contribution in [3.8, 4) is 0 Å². The van der Waals surface area contributed by atoms with E-state index in [2.05, 4.69) is 20.3 Å². The zero-order valence-electron chi connectivity index (χ0n) is 40.4. The highest BCUT2D eigenvalue weighted by atomic mass is 16.8. The molecule has 0 aromatic carbocycles. The maximum Gasteiger partial charge on any atom is 0.187 e. The van der Waals surface area contributed by atoms with Gasteiger partial charge in [-0.1, -0.05) is 6.08 Å². The molecular weight excluding hydrogens is 1030 g/mol. The number of ether oxygens (including phenoxy) is 11. The van der Waals surface area contributed by atoms with Gasteiger partial charge in [-0.15, -0.1) is 0 Å². The molecule has 76 heavy (non-hydrogen) atoms. The van der Waals surface area contributed by atoms with E-state index >= 15 is 0 Å². The summed E-state index contributed by atoms with van der Waals surface area (Å²) in [4.78, 5) is 12.8. The molecule has 6 fully saturated rings. The third-order valence-corrected chi connectivity index (χ3v) is 13.9. The fraction of sp³-hybridized carbons (Fsp3) is 0.837. The number of anilines is 1. The number of nitrogens with one attached hydrogen (secondary N) is 1. The average Bonchev–Trinajstić information content (AvgIpc) is 4.08. The molecule has 33 heteroatoms. The number of imidazole rings is 1. The fourth-order valence-corrected chi connectivity index (χ4v) is 9.51. The van der Waals surface area contributed by atoms with Crippen LogP contribution in [-0.2, 0) is 52.1 Å². The first-order valence-corrected chi connectivity index (χ1v) is 24.3. The summed E-state index contributed by atoms with van der Waals surface area (Å²) in [6, 6.07) is 0. The van der Waals surface area contributed by atoms with Crippen molar-refractivity contribution in [2.75, 3.05) is 58.1 Å². The molecule has 2 aromatic rings. The second-order valence-electron chi connectivity index (χ2n) is 19.0. The Morgan fingerprint density at radius 2 is 1.07 bits per heavy atom. The Balaban J connectivity index is 0.973. The summed E-state index contributed by atoms with van der Waals surface area (Å²) in [6.07, 6.45) is -41.9. The second kappa shape index (κ2) is 25.6. The summed E-state index contributed by atoms with van der Waals surface area (Å²) in [6.45, 7) is -3.12. The van der Waals surface area contributed by atoms with Crippen molar-refractivity contribution in [1.29, 1.82) is 0 Å². The molecule has 432 valence electrons. The lowest BCUT2D eigenvalue weighted by Gasteiger charge is -2.47. The molecule has 0 spiro atoms. The van der Waals surface area contributed by atoms with E-state index in [1.54, 1.807) is 13.0 Å². The quantitative estimate of drug-likeness (QED) is 0.0548. The Bertz CT molecular complexity index is 2190. The van der Waals surface area contributed by atoms with Gasteiger partial charge in [0, 0.05) is 6.54 Å². The van der Waals surface area contributed by atoms with Gasteiger partial charge in [0.1, 0.15) is 135 Å². The molecular formula is C43H67N5O28. The molecule has 6 saturated heterocycles. The summed E-state index contributed by atoms with van der Waals surface area (Å²) in [7, 11) is 0. The third kappa shape index (κ3) is 12.0. The number of rotatable bonds is 20. The molecule has 2 aromatic heterocycles. The molecule has 18 N–H and O–H groups in total. The second-order valence-corrected chi connectivity index (χ2v) is 19.0. The van der Waals surface area contributed by atoms with Gasteiger partial charge in [-0.3, -0.25) is 4.57 Å². The molecule has 0 amide bonds. The zero-order valence-corrected chi connectivity index (χ0v) is 40.4. The Kier molecular flexibility index (Phi) is 19.9. The van der Waals surface area contributed by atoms with Crippen LogP contribution in [0.3, 0.4) is 0 Å². The van der Waals surface area contributed by atoms with Crippen LogP contribution in [0.25, 0.3) is 11.2 Å². The van der Waals surface area contributed by atoms with E-state index in [1.807, 2.05) is 0 Å². The van der Waals surface area contributed by atoms with Crippen molar-refractivity contribution in [2.45, 2.75) is 173 Å². The van der Waals surface area contributed by atoms with Crippen LogP contribution in [0.5, 0.6) is 0 Å². The monoisotopic (exact) mass is 1100 g/mol. The van der Waals surface area contributed by atoms with Crippen LogP contribution in [0.15, 0.2) is 24.3 Å². The van der Waals surface area contributed by atoms with Crippen LogP contribution in [-0.4, -0.2) is 319 Å². The number of aliphatic hydroxyl groups is 17. The number of hydrogen-bond acceptors (Lipinski definition) is 32. The molecule has 33 nitrogen and oxygen atoms in total. The number of fused-ring (bicyclic) bond motifs is 1. The normalized spacial score (nSPS) is 45.4. The van der Waals surface area contributed by atoms with Crippen molar-refractivity contribution >= 4 is 17.0 Å². The highest BCUT2D eigenvalue weighted by Crippen LogP contribution is 2.38. The van der Waals surface area contributed by atoms with Gasteiger partial charge in [-0.05, 0) is 12.5 Å². The molecule has 27 atom stereocenters. The molecule has 0 radical (unpaired) electrons. The number of aromatic nitrogens is 4. The van der Waals surface area contributed by atoms with Crippen LogP contribution in [0.2, 0.25) is 0 Å². The van der Waals surface area contributed by atoms with Crippen LogP contribution in [0.1, 0.15) is 13.2 Å². The largest absolute Gasteiger partial charge is 0.394 e. The first-order valence-electron chi connectivity index (χ1n) is 24.3. The van der Waals surface area contributed by atoms with E-state index < -0.39 is 206 Å². The minimum atomic E-state index is -2.02. The van der Waals surface area contributed by atoms with Gasteiger partial charge in [-0.25, -0.2) is 15.0 Å². The van der Waals surface area contributed by atoms with Crippen LogP contribution < -0.4 is 5.32 Å². The summed E-state index contributed by atoms with van der Waals surface area (Å²) < 4.78 is 65.1. The molecule has 6 aliphatic heterocycles. The van der Waals surface area contributed by atoms with E-state index in [1.165, 1.54) is 17.2 Å². The molecule has 0 saturated carbocycles. The predicted molar refractivity (Wildman–Crippen MR) is 239 cm³/mol. The van der Waals surface area contributed by atoms with E-state index in [9.17, 15) is 86.8 Å². The number of hydrogen-bond donors (Lipinski definition) is 18. The molecule has 0 bridgehead atoms. The maximum atomic E-state index is 11.9. The first kappa shape index (κ1) is 59.1. The van der Waals surface area contributed by atoms with Gasteiger partial charge in [0.2, 0.25) is 0 Å². The highest BCUT2D eigenvalue weighted by molar-refractivity contribution is 5.82. The summed E-state index contributed by atoms with van der Waals surface area (Å²) in [5, 5.41) is 182. The van der Waals surface area contributed by atoms with Gasteiger partial charge in [0.25, 0.3) is 0 Å². The van der Waals surface area contributed by atoms with Gasteiger partial charge >= 0.3 is 0 Å². The van der Waals surface area contributed by atoms with Gasteiger partial charge in [-0.2, -0.15) is 0 Å². The van der Waals surface area contributed by atoms with E-state index in [-0.39, 0.29) is 30.1 Å². The van der Waals surface area contributed by atoms with Crippen LogP contribution in [0.4, 0.5) is 5.82 Å². The highest BCUT2D eigenvalue weighted by Gasteiger charge is 2.57. The Morgan fingerprint density at radius 3 is 1.74 bits per heavy atom. The summed E-state index contributed by atoms with van der Waals surface area (Å²) >= 11 is 0. The van der Waals surface area contributed by atoms with Gasteiger partial charge in [0.15, 0.2) is 54.7 Å². The van der Waals surface area contributed by atoms with E-state index in [0.29, 0.717) is 5.57 Å². The minimum absolute atomic E-state index is 0.111. The Hall–Kier alpha value is -3.03. The van der Waals surface area contributed by atoms with Gasteiger partial charge < -0.3 is 144 Å². The molecule has 8 rings (SSSR count). The van der Waals surface area contributed by atoms with Crippen molar-refractivity contribution in [2.24, 2.45) is 0 Å². The summed E-state index contributed by atoms with van der Waals surface area (Å²) in [5.74, 6) is 0.267. The minimum Gasteiger partial charge on any atom is -0.394 e. The molecule has 8 heterocycles. The topological polar surface area (TPSA) is 501 Å². The SMILES string of the molecule is C/C(=C\CNc1ncnc2c1ncn2C1OC(CO)C(O)C1O)COC1OC(CO)C(OC2OCC(O)C(O)C2O)C(OC2OC(CO)C(OC3OC(CO)C(O)C(O)C3OC3OC(CO)C(O)C(O)C3O)C2O)C1O. The zero-order chi connectivity index (χ0) is 54.9. The lowest BCUT2D eigenvalue weighted by molar-refractivity contribution is -0.374. The third-order valence-electron chi connectivity index (χ3n) is 13.9. The Labute approximate surface area is 430 Å². The van der Waals surface area contributed by atoms with Gasteiger partial charge in [0.05, 0.1) is 52.6 Å². The van der Waals surface area contributed by atoms with Crippen LogP contribution >= 0.6 is 0 Å². The summed E-state index contributed by atoms with van der Waals surface area (Å²) in [5.41, 5.74) is 1.05. The van der Waals surface area contributed by atoms with Crippen molar-refractivity contribution in [3.05, 3.63) is 24.3 Å². The maximum absolute atomic E-state index is 11.9. The van der Waals surface area contributed by atoms with E-state index in [4.69, 9.17) is 52.1 Å². The van der Waals surface area contributed by atoms with E-state index in [0.717, 1.165) is 0 Å². The number of nitrogens with zero attached hydrogens (tertiary/aromatic N) is 4. The van der Waals surface area contributed by atoms with Crippen molar-refractivity contribution < 1.29 is 139 Å². The van der Waals surface area contributed by atoms with Crippen molar-refractivity contribution in [1.82, 2.24) is 19.5 Å². The first-order chi connectivity index (χ1) is 36.3. The van der Waals surface area contributed by atoms with Crippen molar-refractivity contribution in [3.63, 3.8) is 0 Å². The molecule has 27 unspecified atom stereocenters. The number of aliphatic hydroxyl groups excluding tert-OH is 17.